The molecule has 1 aromatic carbocycles. The highest BCUT2D eigenvalue weighted by molar-refractivity contribution is 5.74. The van der Waals surface area contributed by atoms with E-state index in [0.29, 0.717) is 6.54 Å². The third kappa shape index (κ3) is 2.79. The molecule has 22 heavy (non-hydrogen) atoms. The summed E-state index contributed by atoms with van der Waals surface area (Å²) in [5, 5.41) is 3.00. The largest absolute Gasteiger partial charge is 0.497 e. The van der Waals surface area contributed by atoms with E-state index >= 15 is 0 Å². The molecule has 5 heteroatoms. The molecule has 2 amide bonds. The van der Waals surface area contributed by atoms with Crippen molar-refractivity contribution >= 4 is 6.03 Å². The maximum atomic E-state index is 12.4. The van der Waals surface area contributed by atoms with E-state index < -0.39 is 0 Å². The fraction of sp³-hybridized carbons (Fsp3) is 0.353. The summed E-state index contributed by atoms with van der Waals surface area (Å²) in [6.07, 6.45) is 2.07. The van der Waals surface area contributed by atoms with Crippen molar-refractivity contribution in [2.45, 2.75) is 26.1 Å². The molecule has 0 saturated carbocycles. The zero-order valence-electron chi connectivity index (χ0n) is 13.0. The number of amides is 2. The van der Waals surface area contributed by atoms with Gasteiger partial charge in [-0.05, 0) is 36.8 Å². The average molecular weight is 299 g/mol. The number of nitrogens with zero attached hydrogens (tertiary/aromatic N) is 2. The van der Waals surface area contributed by atoms with E-state index in [0.717, 1.165) is 24.4 Å². The molecule has 1 aliphatic heterocycles. The minimum Gasteiger partial charge on any atom is -0.497 e. The van der Waals surface area contributed by atoms with Gasteiger partial charge in [-0.15, -0.1) is 0 Å². The second-order valence-corrected chi connectivity index (χ2v) is 5.51. The van der Waals surface area contributed by atoms with Crippen LogP contribution in [0.25, 0.3) is 0 Å². The molecule has 0 spiro atoms. The van der Waals surface area contributed by atoms with E-state index in [4.69, 9.17) is 4.74 Å². The Morgan fingerprint density at radius 2 is 2.18 bits per heavy atom. The topological polar surface area (TPSA) is 46.5 Å². The zero-order valence-corrected chi connectivity index (χ0v) is 13.0. The first-order chi connectivity index (χ1) is 10.7. The number of nitrogens with one attached hydrogen (secondary N) is 1. The Kier molecular flexibility index (Phi) is 4.04. The van der Waals surface area contributed by atoms with Crippen LogP contribution >= 0.6 is 0 Å². The number of fused-ring (bicyclic) bond motifs is 1. The van der Waals surface area contributed by atoms with Crippen molar-refractivity contribution in [2.24, 2.45) is 0 Å². The van der Waals surface area contributed by atoms with Crippen LogP contribution in [0, 0.1) is 0 Å². The lowest BCUT2D eigenvalue weighted by Crippen LogP contribution is -2.45. The molecule has 0 saturated heterocycles. The lowest BCUT2D eigenvalue weighted by molar-refractivity contribution is 0.162. The number of carbonyl (C=O) groups is 1. The van der Waals surface area contributed by atoms with Crippen LogP contribution in [0.4, 0.5) is 4.79 Å². The van der Waals surface area contributed by atoms with Crippen molar-refractivity contribution in [1.82, 2.24) is 14.8 Å². The summed E-state index contributed by atoms with van der Waals surface area (Å²) >= 11 is 0. The first-order valence-electron chi connectivity index (χ1n) is 7.51. The number of urea groups is 1. The number of hydrogen-bond acceptors (Lipinski definition) is 2. The minimum atomic E-state index is -0.0252. The van der Waals surface area contributed by atoms with Gasteiger partial charge in [0.1, 0.15) is 5.75 Å². The van der Waals surface area contributed by atoms with Crippen LogP contribution in [0.5, 0.6) is 5.75 Å². The molecule has 3 rings (SSSR count). The van der Waals surface area contributed by atoms with Gasteiger partial charge in [-0.25, -0.2) is 4.79 Å². The molecule has 0 fully saturated rings. The highest BCUT2D eigenvalue weighted by atomic mass is 16.5. The van der Waals surface area contributed by atoms with Gasteiger partial charge in [0.25, 0.3) is 0 Å². The van der Waals surface area contributed by atoms with Gasteiger partial charge in [0.05, 0.1) is 13.2 Å². The number of rotatable bonds is 3. The first kappa shape index (κ1) is 14.5. The predicted molar refractivity (Wildman–Crippen MR) is 84.8 cm³/mol. The van der Waals surface area contributed by atoms with E-state index in [1.807, 2.05) is 35.2 Å². The van der Waals surface area contributed by atoms with Crippen molar-refractivity contribution in [1.29, 1.82) is 0 Å². The van der Waals surface area contributed by atoms with E-state index in [1.54, 1.807) is 7.11 Å². The van der Waals surface area contributed by atoms with Crippen molar-refractivity contribution < 1.29 is 9.53 Å². The van der Waals surface area contributed by atoms with Crippen LogP contribution in [0.15, 0.2) is 42.6 Å². The van der Waals surface area contributed by atoms with Crippen LogP contribution in [-0.2, 0) is 13.1 Å². The van der Waals surface area contributed by atoms with Crippen LogP contribution < -0.4 is 10.1 Å². The average Bonchev–Trinajstić information content (AvgIpc) is 3.03. The van der Waals surface area contributed by atoms with Gasteiger partial charge >= 0.3 is 6.03 Å². The minimum absolute atomic E-state index is 0.0252. The second kappa shape index (κ2) is 6.13. The Balaban J connectivity index is 1.63. The molecule has 116 valence electrons. The smallest absolute Gasteiger partial charge is 0.318 e. The van der Waals surface area contributed by atoms with Crippen molar-refractivity contribution in [3.63, 3.8) is 0 Å². The molecular weight excluding hydrogens is 278 g/mol. The van der Waals surface area contributed by atoms with Gasteiger partial charge in [-0.3, -0.25) is 0 Å². The highest BCUT2D eigenvalue weighted by Gasteiger charge is 2.27. The van der Waals surface area contributed by atoms with Crippen LogP contribution in [0.3, 0.4) is 0 Å². The number of ether oxygens (including phenoxy) is 1. The summed E-state index contributed by atoms with van der Waals surface area (Å²) in [6.45, 7) is 4.14. The lowest BCUT2D eigenvalue weighted by Gasteiger charge is -2.34. The second-order valence-electron chi connectivity index (χ2n) is 5.51. The third-order valence-electron chi connectivity index (χ3n) is 4.18. The maximum absolute atomic E-state index is 12.4. The number of benzene rings is 1. The van der Waals surface area contributed by atoms with E-state index in [-0.39, 0.29) is 12.1 Å². The lowest BCUT2D eigenvalue weighted by atomic mass is 10.1. The summed E-state index contributed by atoms with van der Waals surface area (Å²) in [6, 6.07) is 11.9. The molecule has 0 radical (unpaired) electrons. The van der Waals surface area contributed by atoms with E-state index in [1.165, 1.54) is 5.69 Å². The number of carbonyl (C=O) groups excluding carboxylic acids is 1. The molecule has 1 unspecified atom stereocenters. The Bertz CT molecular complexity index is 665. The van der Waals surface area contributed by atoms with Gasteiger partial charge in [-0.2, -0.15) is 0 Å². The monoisotopic (exact) mass is 299 g/mol. The number of hydrogen-bond donors (Lipinski definition) is 1. The summed E-state index contributed by atoms with van der Waals surface area (Å²) in [5.74, 6) is 0.802. The fourth-order valence-electron chi connectivity index (χ4n) is 2.92. The van der Waals surface area contributed by atoms with E-state index in [2.05, 4.69) is 29.1 Å². The van der Waals surface area contributed by atoms with Crippen molar-refractivity contribution in [2.75, 3.05) is 13.7 Å². The van der Waals surface area contributed by atoms with Crippen molar-refractivity contribution in [3.05, 3.63) is 53.9 Å². The van der Waals surface area contributed by atoms with Crippen LogP contribution in [0.1, 0.15) is 24.2 Å². The van der Waals surface area contributed by atoms with E-state index in [9.17, 15) is 4.79 Å². The maximum Gasteiger partial charge on any atom is 0.318 e. The standard InChI is InChI=1S/C17H21N3O2/c1-13-16-7-4-8-19(16)9-10-20(13)17(21)18-12-14-5-3-6-15(11-14)22-2/h3-8,11,13H,9-10,12H2,1-2H3,(H,18,21). The molecule has 0 bridgehead atoms. The van der Waals surface area contributed by atoms with Crippen LogP contribution in [0.2, 0.25) is 0 Å². The highest BCUT2D eigenvalue weighted by Crippen LogP contribution is 2.25. The normalized spacial score (nSPS) is 17.0. The van der Waals surface area contributed by atoms with Crippen molar-refractivity contribution in [3.8, 4) is 5.75 Å². The molecule has 1 N–H and O–H groups in total. The quantitative estimate of drug-likeness (QED) is 0.947. The van der Waals surface area contributed by atoms with Gasteiger partial charge in [0.2, 0.25) is 0 Å². The molecule has 2 heterocycles. The zero-order chi connectivity index (χ0) is 15.5. The predicted octanol–water partition coefficient (Wildman–Crippen LogP) is 2.78. The van der Waals surface area contributed by atoms with Gasteiger partial charge in [-0.1, -0.05) is 12.1 Å². The molecule has 1 aromatic heterocycles. The Morgan fingerprint density at radius 1 is 1.32 bits per heavy atom. The SMILES string of the molecule is COc1cccc(CNC(=O)N2CCn3cccc3C2C)c1. The fourth-order valence-corrected chi connectivity index (χ4v) is 2.92. The first-order valence-corrected chi connectivity index (χ1v) is 7.51. The molecule has 5 nitrogen and oxygen atoms in total. The van der Waals surface area contributed by atoms with Gasteiger partial charge in [0, 0.05) is 31.5 Å². The molecular formula is C17H21N3O2. The Labute approximate surface area is 130 Å². The van der Waals surface area contributed by atoms with Crippen LogP contribution in [-0.4, -0.2) is 29.2 Å². The molecule has 0 aliphatic carbocycles. The molecule has 1 aliphatic rings. The summed E-state index contributed by atoms with van der Waals surface area (Å²) in [4.78, 5) is 14.3. The number of methoxy groups -OCH3 is 1. The summed E-state index contributed by atoms with van der Waals surface area (Å²) in [5.41, 5.74) is 2.21. The number of aromatic nitrogens is 1. The third-order valence-corrected chi connectivity index (χ3v) is 4.18. The van der Waals surface area contributed by atoms with Gasteiger partial charge in [0.15, 0.2) is 0 Å². The Hall–Kier alpha value is -2.43. The van der Waals surface area contributed by atoms with Gasteiger partial charge < -0.3 is 19.5 Å². The molecule has 2 aromatic rings. The Morgan fingerprint density at radius 3 is 3.00 bits per heavy atom. The molecule has 1 atom stereocenters. The summed E-state index contributed by atoms with van der Waals surface area (Å²) < 4.78 is 7.40. The summed E-state index contributed by atoms with van der Waals surface area (Å²) in [7, 11) is 1.64.